The topological polar surface area (TPSA) is 38.0 Å². The van der Waals surface area contributed by atoms with Gasteiger partial charge in [-0.05, 0) is 19.8 Å². The maximum absolute atomic E-state index is 9.28. The first kappa shape index (κ1) is 8.82. The molecular weight excluding hydrogens is 152 g/mol. The fraction of sp³-hybridized carbons (Fsp3) is 0.444. The number of hydrogen-bond donors (Lipinski definition) is 1. The highest BCUT2D eigenvalue weighted by atomic mass is 16.3. The van der Waals surface area contributed by atoms with E-state index in [0.29, 0.717) is 5.69 Å². The molecule has 0 saturated carbocycles. The Balaban J connectivity index is 2.80. The molecule has 0 saturated heterocycles. The van der Waals surface area contributed by atoms with Gasteiger partial charge in [-0.2, -0.15) is 0 Å². The summed E-state index contributed by atoms with van der Waals surface area (Å²) in [6.45, 7) is 3.28. The van der Waals surface area contributed by atoms with E-state index >= 15 is 0 Å². The molecule has 0 fully saturated rings. The van der Waals surface area contributed by atoms with E-state index in [-0.39, 0.29) is 0 Å². The van der Waals surface area contributed by atoms with Gasteiger partial charge in [0.2, 0.25) is 0 Å². The van der Waals surface area contributed by atoms with Crippen LogP contribution < -0.4 is 0 Å². The number of imidazole rings is 1. The maximum atomic E-state index is 9.28. The molecule has 0 aromatic carbocycles. The Kier molecular flexibility index (Phi) is 2.20. The second-order valence-corrected chi connectivity index (χ2v) is 3.23. The van der Waals surface area contributed by atoms with E-state index < -0.39 is 5.60 Å². The molecule has 0 amide bonds. The summed E-state index contributed by atoms with van der Waals surface area (Å²) in [6, 6.07) is 0. The van der Waals surface area contributed by atoms with Crippen molar-refractivity contribution in [3.05, 3.63) is 18.2 Å². The lowest BCUT2D eigenvalue weighted by Crippen LogP contribution is -2.14. The Bertz CT molecular complexity index is 322. The fourth-order valence-corrected chi connectivity index (χ4v) is 0.694. The maximum Gasteiger partial charge on any atom is 0.131 e. The summed E-state index contributed by atoms with van der Waals surface area (Å²) < 4.78 is 1.81. The van der Waals surface area contributed by atoms with Crippen molar-refractivity contribution >= 4 is 0 Å². The zero-order chi connectivity index (χ0) is 9.19. The second-order valence-electron chi connectivity index (χ2n) is 3.23. The van der Waals surface area contributed by atoms with E-state index in [1.807, 2.05) is 11.6 Å². The number of nitrogens with zero attached hydrogens (tertiary/aromatic N) is 2. The highest BCUT2D eigenvalue weighted by molar-refractivity contribution is 5.27. The van der Waals surface area contributed by atoms with Crippen LogP contribution in [0.1, 0.15) is 19.5 Å². The second kappa shape index (κ2) is 3.00. The Morgan fingerprint density at radius 1 is 1.58 bits per heavy atom. The minimum Gasteiger partial charge on any atom is -0.378 e. The highest BCUT2D eigenvalue weighted by Gasteiger charge is 2.05. The Labute approximate surface area is 72.1 Å². The molecule has 0 aliphatic rings. The van der Waals surface area contributed by atoms with Crippen LogP contribution in [0.15, 0.2) is 12.5 Å². The van der Waals surface area contributed by atoms with Gasteiger partial charge in [0.1, 0.15) is 11.3 Å². The number of aliphatic hydroxyl groups is 1. The predicted molar refractivity (Wildman–Crippen MR) is 46.4 cm³/mol. The van der Waals surface area contributed by atoms with Gasteiger partial charge in [-0.25, -0.2) is 4.98 Å². The summed E-state index contributed by atoms with van der Waals surface area (Å²) in [6.07, 6.45) is 3.48. The molecule has 12 heavy (non-hydrogen) atoms. The molecule has 0 radical (unpaired) electrons. The zero-order valence-corrected chi connectivity index (χ0v) is 7.50. The van der Waals surface area contributed by atoms with E-state index in [1.54, 1.807) is 26.4 Å². The number of rotatable bonds is 0. The van der Waals surface area contributed by atoms with Gasteiger partial charge in [0.15, 0.2) is 0 Å². The first-order valence-electron chi connectivity index (χ1n) is 3.71. The van der Waals surface area contributed by atoms with Crippen molar-refractivity contribution < 1.29 is 5.11 Å². The molecular formula is C9H12N2O. The molecule has 1 heterocycles. The van der Waals surface area contributed by atoms with Crippen LogP contribution in [0.3, 0.4) is 0 Å². The van der Waals surface area contributed by atoms with Crippen LogP contribution in [0, 0.1) is 11.8 Å². The average Bonchev–Trinajstić information content (AvgIpc) is 2.30. The van der Waals surface area contributed by atoms with Crippen LogP contribution in [0.5, 0.6) is 0 Å². The average molecular weight is 164 g/mol. The number of aromatic nitrogens is 2. The van der Waals surface area contributed by atoms with E-state index in [9.17, 15) is 5.11 Å². The van der Waals surface area contributed by atoms with Crippen molar-refractivity contribution in [1.29, 1.82) is 0 Å². The van der Waals surface area contributed by atoms with E-state index in [2.05, 4.69) is 16.8 Å². The van der Waals surface area contributed by atoms with Gasteiger partial charge in [0, 0.05) is 13.2 Å². The third-order valence-electron chi connectivity index (χ3n) is 1.20. The van der Waals surface area contributed by atoms with Crippen LogP contribution in [0.25, 0.3) is 0 Å². The third-order valence-corrected chi connectivity index (χ3v) is 1.20. The van der Waals surface area contributed by atoms with Crippen molar-refractivity contribution in [1.82, 2.24) is 9.55 Å². The number of aryl methyl sites for hydroxylation is 1. The molecule has 1 aromatic rings. The molecule has 0 unspecified atom stereocenters. The van der Waals surface area contributed by atoms with Crippen LogP contribution in [-0.2, 0) is 7.05 Å². The first-order chi connectivity index (χ1) is 5.47. The minimum atomic E-state index is -0.947. The van der Waals surface area contributed by atoms with Gasteiger partial charge in [0.05, 0.1) is 6.33 Å². The normalized spacial score (nSPS) is 10.7. The molecule has 3 nitrogen and oxygen atoms in total. The summed E-state index contributed by atoms with van der Waals surface area (Å²) in [5.74, 6) is 5.45. The molecule has 0 spiro atoms. The van der Waals surface area contributed by atoms with Gasteiger partial charge in [-0.3, -0.25) is 0 Å². The van der Waals surface area contributed by atoms with Crippen LogP contribution in [0.4, 0.5) is 0 Å². The Hall–Kier alpha value is -1.27. The fourth-order valence-electron chi connectivity index (χ4n) is 0.694. The van der Waals surface area contributed by atoms with Gasteiger partial charge < -0.3 is 9.67 Å². The third kappa shape index (κ3) is 2.77. The molecule has 64 valence electrons. The van der Waals surface area contributed by atoms with Crippen molar-refractivity contribution in [3.63, 3.8) is 0 Å². The van der Waals surface area contributed by atoms with Gasteiger partial charge in [0.25, 0.3) is 0 Å². The first-order valence-corrected chi connectivity index (χ1v) is 3.71. The van der Waals surface area contributed by atoms with Crippen molar-refractivity contribution in [2.75, 3.05) is 0 Å². The predicted octanol–water partition coefficient (Wildman–Crippen LogP) is 0.542. The Morgan fingerprint density at radius 2 is 2.25 bits per heavy atom. The molecule has 1 N–H and O–H groups in total. The quantitative estimate of drug-likeness (QED) is 0.568. The largest absolute Gasteiger partial charge is 0.378 e. The van der Waals surface area contributed by atoms with E-state index in [4.69, 9.17) is 0 Å². The summed E-state index contributed by atoms with van der Waals surface area (Å²) >= 11 is 0. The van der Waals surface area contributed by atoms with Gasteiger partial charge in [-0.1, -0.05) is 5.92 Å². The molecule has 3 heteroatoms. The lowest BCUT2D eigenvalue weighted by molar-refractivity contribution is 0.143. The van der Waals surface area contributed by atoms with Crippen LogP contribution in [-0.4, -0.2) is 20.3 Å². The summed E-state index contributed by atoms with van der Waals surface area (Å²) in [7, 11) is 1.88. The van der Waals surface area contributed by atoms with Gasteiger partial charge in [-0.15, -0.1) is 0 Å². The molecule has 0 aliphatic heterocycles. The van der Waals surface area contributed by atoms with Crippen LogP contribution in [0.2, 0.25) is 0 Å². The van der Waals surface area contributed by atoms with Crippen molar-refractivity contribution in [2.24, 2.45) is 7.05 Å². The molecule has 0 bridgehead atoms. The van der Waals surface area contributed by atoms with E-state index in [1.165, 1.54) is 0 Å². The van der Waals surface area contributed by atoms with Gasteiger partial charge >= 0.3 is 0 Å². The molecule has 0 atom stereocenters. The molecule has 0 aliphatic carbocycles. The lowest BCUT2D eigenvalue weighted by Gasteiger charge is -2.05. The van der Waals surface area contributed by atoms with Crippen LogP contribution >= 0.6 is 0 Å². The lowest BCUT2D eigenvalue weighted by atomic mass is 10.1. The number of hydrogen-bond acceptors (Lipinski definition) is 2. The molecule has 1 aromatic heterocycles. The van der Waals surface area contributed by atoms with Crippen molar-refractivity contribution in [2.45, 2.75) is 19.4 Å². The minimum absolute atomic E-state index is 0.680. The van der Waals surface area contributed by atoms with E-state index in [0.717, 1.165) is 0 Å². The monoisotopic (exact) mass is 164 g/mol. The summed E-state index contributed by atoms with van der Waals surface area (Å²) in [5, 5.41) is 9.28. The van der Waals surface area contributed by atoms with Crippen molar-refractivity contribution in [3.8, 4) is 11.8 Å². The smallest absolute Gasteiger partial charge is 0.131 e. The molecule has 1 rings (SSSR count). The standard InChI is InChI=1S/C9H12N2O/c1-9(2,12)5-4-8-6-11(3)7-10-8/h6-7,12H,1-3H3. The zero-order valence-electron chi connectivity index (χ0n) is 7.50. The SMILES string of the molecule is Cn1cnc(C#CC(C)(C)O)c1. The highest BCUT2D eigenvalue weighted by Crippen LogP contribution is 1.98. The Morgan fingerprint density at radius 3 is 2.67 bits per heavy atom. The summed E-state index contributed by atoms with van der Waals surface area (Å²) in [4.78, 5) is 4.00. The summed E-state index contributed by atoms with van der Waals surface area (Å²) in [5.41, 5.74) is -0.267.